The number of nitrogens with one attached hydrogen (secondary N) is 1. The Labute approximate surface area is 169 Å². The van der Waals surface area contributed by atoms with Crippen molar-refractivity contribution in [2.45, 2.75) is 35.4 Å². The van der Waals surface area contributed by atoms with Crippen LogP contribution in [0.15, 0.2) is 56.3 Å². The highest BCUT2D eigenvalue weighted by Gasteiger charge is 2.17. The van der Waals surface area contributed by atoms with Crippen LogP contribution in [0.4, 0.5) is 0 Å². The van der Waals surface area contributed by atoms with E-state index in [4.69, 9.17) is 28.8 Å². The van der Waals surface area contributed by atoms with Gasteiger partial charge in [-0.3, -0.25) is 0 Å². The molecule has 2 atom stereocenters. The zero-order valence-electron chi connectivity index (χ0n) is 15.1. The lowest BCUT2D eigenvalue weighted by molar-refractivity contribution is 0.531. The molecular formula is C19H25ClN6S. The van der Waals surface area contributed by atoms with E-state index in [1.807, 2.05) is 17.8 Å². The number of nitrogens with zero attached hydrogens (tertiary/aromatic N) is 2. The smallest absolute Gasteiger partial charge is 0.219 e. The molecule has 0 radical (unpaired) electrons. The summed E-state index contributed by atoms with van der Waals surface area (Å²) in [6, 6.07) is 8.41. The predicted octanol–water partition coefficient (Wildman–Crippen LogP) is 2.40. The van der Waals surface area contributed by atoms with E-state index in [1.165, 1.54) is 17.7 Å². The van der Waals surface area contributed by atoms with Crippen LogP contribution in [-0.4, -0.2) is 36.3 Å². The summed E-state index contributed by atoms with van der Waals surface area (Å²) in [7, 11) is 0. The highest BCUT2D eigenvalue weighted by Crippen LogP contribution is 2.34. The van der Waals surface area contributed by atoms with Crippen molar-refractivity contribution in [3.05, 3.63) is 47.0 Å². The maximum absolute atomic E-state index is 6.48. The van der Waals surface area contributed by atoms with Gasteiger partial charge in [-0.25, -0.2) is 4.99 Å². The molecule has 6 nitrogen and oxygen atoms in total. The van der Waals surface area contributed by atoms with Crippen molar-refractivity contribution in [2.75, 3.05) is 13.1 Å². The van der Waals surface area contributed by atoms with E-state index in [2.05, 4.69) is 45.6 Å². The maximum atomic E-state index is 6.48. The molecule has 0 amide bonds. The Morgan fingerprint density at radius 3 is 2.59 bits per heavy atom. The van der Waals surface area contributed by atoms with Crippen molar-refractivity contribution in [3.63, 3.8) is 0 Å². The summed E-state index contributed by atoms with van der Waals surface area (Å²) in [4.78, 5) is 9.29. The second-order valence-corrected chi connectivity index (χ2v) is 8.35. The lowest BCUT2D eigenvalue weighted by Crippen LogP contribution is -2.31. The molecule has 0 saturated carbocycles. The summed E-state index contributed by atoms with van der Waals surface area (Å²) in [5, 5.41) is 4.76. The predicted molar refractivity (Wildman–Crippen MR) is 116 cm³/mol. The summed E-state index contributed by atoms with van der Waals surface area (Å²) in [5.74, 6) is -0.0588. The number of allylic oxidation sites excluding steroid dienone is 2. The highest BCUT2D eigenvalue weighted by molar-refractivity contribution is 8.00. The molecule has 0 bridgehead atoms. The molecule has 3 rings (SSSR count). The van der Waals surface area contributed by atoms with Gasteiger partial charge in [-0.1, -0.05) is 29.8 Å². The summed E-state index contributed by atoms with van der Waals surface area (Å²) in [6.45, 7) is 2.22. The van der Waals surface area contributed by atoms with Gasteiger partial charge in [-0.05, 0) is 55.2 Å². The second-order valence-electron chi connectivity index (χ2n) is 6.57. The Morgan fingerprint density at radius 1 is 1.19 bits per heavy atom. The first-order chi connectivity index (χ1) is 13.0. The van der Waals surface area contributed by atoms with Crippen LogP contribution in [0.5, 0.6) is 0 Å². The van der Waals surface area contributed by atoms with E-state index in [0.29, 0.717) is 16.7 Å². The molecule has 1 aliphatic carbocycles. The molecule has 1 aromatic carbocycles. The second kappa shape index (κ2) is 9.30. The molecule has 1 aliphatic heterocycles. The standard InChI is InChI=1S/C19H25ClN6S/c20-17-10-13(25-19(23)26-18(21)22)5-8-16(17)12-3-6-14(7-4-12)27-15-2-1-9-24-11-15/h3-4,6-8,10,13,15,24H,1-2,5,9,11H2,(H6,21,22,23,25,26). The van der Waals surface area contributed by atoms with E-state index in [-0.39, 0.29) is 18.0 Å². The van der Waals surface area contributed by atoms with Crippen molar-refractivity contribution in [3.8, 4) is 0 Å². The van der Waals surface area contributed by atoms with Crippen LogP contribution in [0.1, 0.15) is 24.8 Å². The van der Waals surface area contributed by atoms with Crippen molar-refractivity contribution < 1.29 is 0 Å². The summed E-state index contributed by atoms with van der Waals surface area (Å²) in [6.07, 6.45) is 7.16. The Hall–Kier alpha value is -1.96. The monoisotopic (exact) mass is 404 g/mol. The minimum Gasteiger partial charge on any atom is -0.370 e. The van der Waals surface area contributed by atoms with Gasteiger partial charge in [-0.15, -0.1) is 11.8 Å². The first-order valence-electron chi connectivity index (χ1n) is 9.00. The van der Waals surface area contributed by atoms with Gasteiger partial charge in [-0.2, -0.15) is 4.99 Å². The van der Waals surface area contributed by atoms with E-state index in [9.17, 15) is 0 Å². The third-order valence-corrected chi connectivity index (χ3v) is 6.03. The molecule has 2 unspecified atom stereocenters. The number of benzene rings is 1. The minimum absolute atomic E-state index is 0.0520. The molecule has 1 aromatic rings. The van der Waals surface area contributed by atoms with Crippen LogP contribution >= 0.6 is 23.4 Å². The number of hydrogen-bond donors (Lipinski definition) is 4. The van der Waals surface area contributed by atoms with Gasteiger partial charge in [0.25, 0.3) is 0 Å². The van der Waals surface area contributed by atoms with Crippen LogP contribution in [0.3, 0.4) is 0 Å². The van der Waals surface area contributed by atoms with E-state index < -0.39 is 0 Å². The van der Waals surface area contributed by atoms with Crippen LogP contribution in [0.25, 0.3) is 5.57 Å². The fourth-order valence-corrected chi connectivity index (χ4v) is 4.66. The molecule has 0 aromatic heterocycles. The zero-order chi connectivity index (χ0) is 19.2. The first-order valence-corrected chi connectivity index (χ1v) is 10.3. The fraction of sp³-hybridized carbons (Fsp3) is 0.368. The van der Waals surface area contributed by atoms with E-state index in [1.54, 1.807) is 0 Å². The third kappa shape index (κ3) is 5.76. The number of rotatable bonds is 4. The summed E-state index contributed by atoms with van der Waals surface area (Å²) < 4.78 is 0. The average Bonchev–Trinajstić information content (AvgIpc) is 2.63. The lowest BCUT2D eigenvalue weighted by Gasteiger charge is -2.22. The molecule has 144 valence electrons. The number of nitrogens with two attached hydrogens (primary N) is 3. The molecule has 8 heteroatoms. The molecule has 0 spiro atoms. The minimum atomic E-state index is -0.169. The number of hydrogen-bond acceptors (Lipinski definition) is 3. The molecule has 7 N–H and O–H groups in total. The van der Waals surface area contributed by atoms with Gasteiger partial charge >= 0.3 is 0 Å². The summed E-state index contributed by atoms with van der Waals surface area (Å²) in [5.41, 5.74) is 18.4. The van der Waals surface area contributed by atoms with Gasteiger partial charge in [0.05, 0.1) is 6.04 Å². The normalized spacial score (nSPS) is 23.4. The van der Waals surface area contributed by atoms with Gasteiger partial charge < -0.3 is 22.5 Å². The topological polar surface area (TPSA) is 115 Å². The quantitative estimate of drug-likeness (QED) is 0.454. The SMILES string of the molecule is NC(N)=NC(N)=NC1C=C(Cl)C(c2ccc(SC3CCCNC3)cc2)=CC1. The fourth-order valence-electron chi connectivity index (χ4n) is 3.17. The Morgan fingerprint density at radius 2 is 1.96 bits per heavy atom. The van der Waals surface area contributed by atoms with Crippen LogP contribution in [-0.2, 0) is 0 Å². The van der Waals surface area contributed by atoms with Crippen molar-refractivity contribution in [1.82, 2.24) is 5.32 Å². The number of guanidine groups is 2. The largest absolute Gasteiger partial charge is 0.370 e. The van der Waals surface area contributed by atoms with Crippen molar-refractivity contribution in [1.29, 1.82) is 0 Å². The highest BCUT2D eigenvalue weighted by atomic mass is 35.5. The molecule has 27 heavy (non-hydrogen) atoms. The van der Waals surface area contributed by atoms with Crippen molar-refractivity contribution in [2.24, 2.45) is 27.2 Å². The molecule has 1 fully saturated rings. The molecular weight excluding hydrogens is 380 g/mol. The Kier molecular flexibility index (Phi) is 6.82. The van der Waals surface area contributed by atoms with Crippen LogP contribution in [0, 0.1) is 0 Å². The number of aliphatic imine (C=N–C) groups is 2. The van der Waals surface area contributed by atoms with Crippen molar-refractivity contribution >= 4 is 40.9 Å². The van der Waals surface area contributed by atoms with Gasteiger partial charge in [0.2, 0.25) is 5.96 Å². The maximum Gasteiger partial charge on any atom is 0.219 e. The van der Waals surface area contributed by atoms with Crippen LogP contribution in [0.2, 0.25) is 0 Å². The lowest BCUT2D eigenvalue weighted by atomic mass is 9.97. The zero-order valence-corrected chi connectivity index (χ0v) is 16.6. The van der Waals surface area contributed by atoms with E-state index >= 15 is 0 Å². The Bertz CT molecular complexity index is 774. The molecule has 2 aliphatic rings. The number of halogens is 1. The third-order valence-electron chi connectivity index (χ3n) is 4.42. The van der Waals surface area contributed by atoms with Gasteiger partial charge in [0.15, 0.2) is 5.96 Å². The van der Waals surface area contributed by atoms with Crippen LogP contribution < -0.4 is 22.5 Å². The van der Waals surface area contributed by atoms with E-state index in [0.717, 1.165) is 24.2 Å². The number of piperidine rings is 1. The Balaban J connectivity index is 1.65. The van der Waals surface area contributed by atoms with Gasteiger partial charge in [0.1, 0.15) is 0 Å². The average molecular weight is 405 g/mol. The van der Waals surface area contributed by atoms with Gasteiger partial charge in [0, 0.05) is 21.7 Å². The summed E-state index contributed by atoms with van der Waals surface area (Å²) >= 11 is 8.42. The first kappa shape index (κ1) is 19.8. The molecule has 1 saturated heterocycles. The number of thioether (sulfide) groups is 1. The molecule has 1 heterocycles.